The van der Waals surface area contributed by atoms with E-state index in [1.165, 1.54) is 0 Å². The maximum absolute atomic E-state index is 12.9. The van der Waals surface area contributed by atoms with Crippen molar-refractivity contribution in [2.24, 2.45) is 0 Å². The van der Waals surface area contributed by atoms with Crippen LogP contribution in [0.4, 0.5) is 0 Å². The van der Waals surface area contributed by atoms with Gasteiger partial charge in [-0.05, 0) is 42.9 Å². The Labute approximate surface area is 147 Å². The number of aryl methyl sites for hydroxylation is 2. The van der Waals surface area contributed by atoms with Gasteiger partial charge in [0.2, 0.25) is 0 Å². The van der Waals surface area contributed by atoms with E-state index < -0.39 is 5.60 Å². The van der Waals surface area contributed by atoms with Crippen LogP contribution in [0.5, 0.6) is 0 Å². The van der Waals surface area contributed by atoms with Gasteiger partial charge in [-0.2, -0.15) is 0 Å². The molecule has 0 radical (unpaired) electrons. The second-order valence-corrected chi connectivity index (χ2v) is 7.28. The van der Waals surface area contributed by atoms with Crippen molar-refractivity contribution in [3.63, 3.8) is 0 Å². The third-order valence-corrected chi connectivity index (χ3v) is 5.64. The number of aliphatic hydroxyl groups is 1. The molecule has 0 aromatic heterocycles. The number of ketones is 2. The fourth-order valence-electron chi connectivity index (χ4n) is 4.17. The number of Topliss-reactive ketones (excluding diaryl/α,β-unsaturated/α-hetero) is 1. The van der Waals surface area contributed by atoms with Gasteiger partial charge in [-0.1, -0.05) is 55.7 Å². The van der Waals surface area contributed by atoms with Crippen molar-refractivity contribution in [1.29, 1.82) is 0 Å². The van der Waals surface area contributed by atoms with Gasteiger partial charge < -0.3 is 5.11 Å². The van der Waals surface area contributed by atoms with Gasteiger partial charge in [0.15, 0.2) is 11.6 Å². The molecule has 25 heavy (non-hydrogen) atoms. The fourth-order valence-corrected chi connectivity index (χ4v) is 4.17. The largest absolute Gasteiger partial charge is 0.382 e. The maximum Gasteiger partial charge on any atom is 0.194 e. The molecule has 1 N–H and O–H groups in total. The van der Waals surface area contributed by atoms with Crippen LogP contribution < -0.4 is 0 Å². The van der Waals surface area contributed by atoms with Crippen LogP contribution in [-0.4, -0.2) is 22.3 Å². The van der Waals surface area contributed by atoms with Crippen LogP contribution in [0.3, 0.4) is 0 Å². The van der Waals surface area contributed by atoms with Gasteiger partial charge in [0.25, 0.3) is 0 Å². The lowest BCUT2D eigenvalue weighted by molar-refractivity contribution is 0.0116. The Hall–Kier alpha value is -2.26. The van der Waals surface area contributed by atoms with E-state index >= 15 is 0 Å². The second kappa shape index (κ2) is 6.23. The Bertz CT molecular complexity index is 844. The molecule has 0 saturated heterocycles. The van der Waals surface area contributed by atoms with Crippen LogP contribution in [0, 0.1) is 0 Å². The standard InChI is InChI=1S/C22H22O3/c23-20-18-7-3-2-6-15(18)8-9-16-14-17(10-11-19(16)20)21(24)22(25)12-4-1-5-13-22/h2-3,6-7,10-11,14,25H,1,4-5,8-9,12-13H2. The minimum Gasteiger partial charge on any atom is -0.382 e. The normalized spacial score (nSPS) is 18.8. The number of benzene rings is 2. The summed E-state index contributed by atoms with van der Waals surface area (Å²) in [6, 6.07) is 13.0. The van der Waals surface area contributed by atoms with Gasteiger partial charge in [-0.15, -0.1) is 0 Å². The van der Waals surface area contributed by atoms with Crippen LogP contribution in [-0.2, 0) is 12.8 Å². The average Bonchev–Trinajstić information content (AvgIpc) is 2.79. The van der Waals surface area contributed by atoms with Crippen LogP contribution in [0.1, 0.15) is 69.5 Å². The average molecular weight is 334 g/mol. The molecule has 3 nitrogen and oxygen atoms in total. The van der Waals surface area contributed by atoms with Gasteiger partial charge in [-0.3, -0.25) is 9.59 Å². The lowest BCUT2D eigenvalue weighted by Crippen LogP contribution is -2.40. The monoisotopic (exact) mass is 334 g/mol. The minimum atomic E-state index is -1.23. The first-order valence-corrected chi connectivity index (χ1v) is 9.11. The van der Waals surface area contributed by atoms with Crippen molar-refractivity contribution in [2.45, 2.75) is 50.5 Å². The predicted octanol–water partition coefficient (Wildman–Crippen LogP) is 3.89. The van der Waals surface area contributed by atoms with E-state index in [0.717, 1.165) is 48.8 Å². The second-order valence-electron chi connectivity index (χ2n) is 7.28. The van der Waals surface area contributed by atoms with E-state index in [9.17, 15) is 14.7 Å². The molecule has 0 bridgehead atoms. The summed E-state index contributed by atoms with van der Waals surface area (Å²) in [7, 11) is 0. The Morgan fingerprint density at radius 1 is 0.880 bits per heavy atom. The van der Waals surface area contributed by atoms with Crippen LogP contribution in [0.25, 0.3) is 0 Å². The maximum atomic E-state index is 12.9. The van der Waals surface area contributed by atoms with Crippen molar-refractivity contribution >= 4 is 11.6 Å². The minimum absolute atomic E-state index is 0.0264. The van der Waals surface area contributed by atoms with E-state index in [0.29, 0.717) is 24.0 Å². The van der Waals surface area contributed by atoms with Crippen molar-refractivity contribution in [1.82, 2.24) is 0 Å². The zero-order valence-electron chi connectivity index (χ0n) is 14.3. The molecule has 3 heteroatoms. The Kier molecular flexibility index (Phi) is 4.04. The smallest absolute Gasteiger partial charge is 0.194 e. The lowest BCUT2D eigenvalue weighted by Gasteiger charge is -2.30. The SMILES string of the molecule is O=C1c2ccccc2CCc2cc(C(=O)C3(O)CCCCC3)ccc21. The van der Waals surface area contributed by atoms with E-state index in [4.69, 9.17) is 0 Å². The van der Waals surface area contributed by atoms with Gasteiger partial charge >= 0.3 is 0 Å². The first-order chi connectivity index (χ1) is 12.1. The number of rotatable bonds is 2. The van der Waals surface area contributed by atoms with Gasteiger partial charge in [-0.25, -0.2) is 0 Å². The summed E-state index contributed by atoms with van der Waals surface area (Å²) in [6.07, 6.45) is 5.45. The van der Waals surface area contributed by atoms with E-state index in [1.807, 2.05) is 30.3 Å². The van der Waals surface area contributed by atoms with E-state index in [2.05, 4.69) is 0 Å². The molecule has 2 aromatic rings. The molecule has 2 aliphatic carbocycles. The molecule has 1 fully saturated rings. The predicted molar refractivity (Wildman–Crippen MR) is 96.1 cm³/mol. The summed E-state index contributed by atoms with van der Waals surface area (Å²) in [5, 5.41) is 10.7. The lowest BCUT2D eigenvalue weighted by atomic mass is 9.79. The molecule has 4 rings (SSSR count). The summed E-state index contributed by atoms with van der Waals surface area (Å²) < 4.78 is 0. The Morgan fingerprint density at radius 2 is 1.56 bits per heavy atom. The zero-order chi connectivity index (χ0) is 17.4. The molecule has 0 amide bonds. The number of hydrogen-bond acceptors (Lipinski definition) is 3. The van der Waals surface area contributed by atoms with Gasteiger partial charge in [0, 0.05) is 16.7 Å². The van der Waals surface area contributed by atoms with Gasteiger partial charge in [0.05, 0.1) is 0 Å². The van der Waals surface area contributed by atoms with Crippen molar-refractivity contribution in [3.8, 4) is 0 Å². The number of carbonyl (C=O) groups is 2. The molecule has 0 aliphatic heterocycles. The van der Waals surface area contributed by atoms with E-state index in [-0.39, 0.29) is 11.6 Å². The molecule has 2 aliphatic rings. The molecule has 0 heterocycles. The summed E-state index contributed by atoms with van der Waals surface area (Å²) in [4.78, 5) is 25.7. The first-order valence-electron chi connectivity index (χ1n) is 9.11. The molecule has 0 unspecified atom stereocenters. The molecular weight excluding hydrogens is 312 g/mol. The van der Waals surface area contributed by atoms with Crippen LogP contribution in [0.2, 0.25) is 0 Å². The Morgan fingerprint density at radius 3 is 2.36 bits per heavy atom. The molecule has 1 saturated carbocycles. The number of hydrogen-bond donors (Lipinski definition) is 1. The Balaban J connectivity index is 1.69. The van der Waals surface area contributed by atoms with Crippen LogP contribution in [0.15, 0.2) is 42.5 Å². The molecule has 0 spiro atoms. The van der Waals surface area contributed by atoms with Crippen molar-refractivity contribution in [2.75, 3.05) is 0 Å². The molecule has 2 aromatic carbocycles. The highest BCUT2D eigenvalue weighted by Gasteiger charge is 2.37. The quantitative estimate of drug-likeness (QED) is 0.848. The van der Waals surface area contributed by atoms with Gasteiger partial charge in [0.1, 0.15) is 5.60 Å². The van der Waals surface area contributed by atoms with Crippen molar-refractivity contribution in [3.05, 3.63) is 70.3 Å². The fraction of sp³-hybridized carbons (Fsp3) is 0.364. The first kappa shape index (κ1) is 16.2. The zero-order valence-corrected chi connectivity index (χ0v) is 14.3. The molecule has 128 valence electrons. The van der Waals surface area contributed by atoms with E-state index in [1.54, 1.807) is 12.1 Å². The third-order valence-electron chi connectivity index (χ3n) is 5.64. The molecule has 0 atom stereocenters. The van der Waals surface area contributed by atoms with Crippen LogP contribution >= 0.6 is 0 Å². The highest BCUT2D eigenvalue weighted by Crippen LogP contribution is 2.32. The number of carbonyl (C=O) groups excluding carboxylic acids is 2. The third kappa shape index (κ3) is 2.83. The van der Waals surface area contributed by atoms with Crippen molar-refractivity contribution < 1.29 is 14.7 Å². The summed E-state index contributed by atoms with van der Waals surface area (Å²) >= 11 is 0. The summed E-state index contributed by atoms with van der Waals surface area (Å²) in [6.45, 7) is 0. The summed E-state index contributed by atoms with van der Waals surface area (Å²) in [5.41, 5.74) is 2.70. The summed E-state index contributed by atoms with van der Waals surface area (Å²) in [5.74, 6) is -0.164. The number of fused-ring (bicyclic) bond motifs is 2. The topological polar surface area (TPSA) is 54.4 Å². The molecular formula is C22H22O3. The highest BCUT2D eigenvalue weighted by molar-refractivity contribution is 6.12. The highest BCUT2D eigenvalue weighted by atomic mass is 16.3.